The second kappa shape index (κ2) is 7.99. The minimum absolute atomic E-state index is 0.305. The van der Waals surface area contributed by atoms with Crippen molar-refractivity contribution in [1.29, 1.82) is 0 Å². The van der Waals surface area contributed by atoms with Gasteiger partial charge in [-0.25, -0.2) is 9.97 Å². The number of hydrogen-bond donors (Lipinski definition) is 0. The maximum Gasteiger partial charge on any atom is 0.494 e. The normalized spacial score (nSPS) is 17.5. The van der Waals surface area contributed by atoms with Gasteiger partial charge in [0.25, 0.3) is 0 Å². The van der Waals surface area contributed by atoms with Gasteiger partial charge in [-0.15, -0.1) is 0 Å². The lowest BCUT2D eigenvalue weighted by Crippen LogP contribution is -2.41. The van der Waals surface area contributed by atoms with E-state index in [1.807, 2.05) is 10.9 Å². The van der Waals surface area contributed by atoms with Crippen LogP contribution < -0.4 is 5.46 Å². The molecule has 0 aliphatic carbocycles. The quantitative estimate of drug-likeness (QED) is 0.460. The molecule has 1 aliphatic heterocycles. The van der Waals surface area contributed by atoms with Crippen LogP contribution in [-0.2, 0) is 15.9 Å². The van der Waals surface area contributed by atoms with Gasteiger partial charge < -0.3 is 9.31 Å². The predicted molar refractivity (Wildman–Crippen MR) is 113 cm³/mol. The summed E-state index contributed by atoms with van der Waals surface area (Å²) in [5, 5.41) is 6.23. The van der Waals surface area contributed by atoms with Crippen molar-refractivity contribution in [2.75, 3.05) is 0 Å². The summed E-state index contributed by atoms with van der Waals surface area (Å²) in [7, 11) is -0.311. The topological polar surface area (TPSA) is 62.1 Å². The van der Waals surface area contributed by atoms with Gasteiger partial charge in [0, 0.05) is 18.0 Å². The SMILES string of the molecule is CCn1ncc2cc(B3OC(C)(C)C(C)(C)O3)ccc21.Clc1cc(Cl)ncn1. The fraction of sp³-hybridized carbons (Fsp3) is 0.421. The van der Waals surface area contributed by atoms with E-state index in [0.29, 0.717) is 10.3 Å². The summed E-state index contributed by atoms with van der Waals surface area (Å²) in [6, 6.07) is 7.74. The van der Waals surface area contributed by atoms with Gasteiger partial charge in [0.15, 0.2) is 0 Å². The molecule has 1 fully saturated rings. The van der Waals surface area contributed by atoms with Crippen molar-refractivity contribution in [2.24, 2.45) is 0 Å². The number of benzene rings is 1. The molecule has 1 aromatic carbocycles. The largest absolute Gasteiger partial charge is 0.494 e. The van der Waals surface area contributed by atoms with Crippen molar-refractivity contribution >= 4 is 46.7 Å². The Morgan fingerprint density at radius 1 is 1.00 bits per heavy atom. The summed E-state index contributed by atoms with van der Waals surface area (Å²) in [6.45, 7) is 11.2. The number of fused-ring (bicyclic) bond motifs is 1. The molecule has 3 heterocycles. The molecule has 1 aliphatic rings. The van der Waals surface area contributed by atoms with Crippen LogP contribution in [0.1, 0.15) is 34.6 Å². The van der Waals surface area contributed by atoms with Crippen LogP contribution in [0.5, 0.6) is 0 Å². The molecule has 9 heteroatoms. The Labute approximate surface area is 175 Å². The Hall–Kier alpha value is -1.67. The summed E-state index contributed by atoms with van der Waals surface area (Å²) in [4.78, 5) is 7.22. The summed E-state index contributed by atoms with van der Waals surface area (Å²) in [5.74, 6) is 0. The van der Waals surface area contributed by atoms with E-state index in [4.69, 9.17) is 32.5 Å². The summed E-state index contributed by atoms with van der Waals surface area (Å²) < 4.78 is 14.2. The van der Waals surface area contributed by atoms with Crippen LogP contribution in [0.4, 0.5) is 0 Å². The highest BCUT2D eigenvalue weighted by Gasteiger charge is 2.51. The second-order valence-electron chi connectivity index (χ2n) is 7.53. The van der Waals surface area contributed by atoms with Gasteiger partial charge in [-0.2, -0.15) is 5.10 Å². The molecule has 148 valence electrons. The van der Waals surface area contributed by atoms with Crippen LogP contribution >= 0.6 is 23.2 Å². The van der Waals surface area contributed by atoms with Gasteiger partial charge in [-0.3, -0.25) is 4.68 Å². The summed E-state index contributed by atoms with van der Waals surface area (Å²) >= 11 is 10.8. The predicted octanol–water partition coefficient (Wildman–Crippen LogP) is 4.14. The lowest BCUT2D eigenvalue weighted by atomic mass is 9.79. The van der Waals surface area contributed by atoms with Crippen molar-refractivity contribution < 1.29 is 9.31 Å². The Balaban J connectivity index is 0.000000236. The molecule has 0 atom stereocenters. The minimum Gasteiger partial charge on any atom is -0.399 e. The zero-order valence-corrected chi connectivity index (χ0v) is 18.1. The van der Waals surface area contributed by atoms with Gasteiger partial charge in [0.05, 0.1) is 22.9 Å². The molecule has 0 amide bonds. The number of nitrogens with zero attached hydrogens (tertiary/aromatic N) is 4. The molecular weight excluding hydrogens is 398 g/mol. The summed E-state index contributed by atoms with van der Waals surface area (Å²) in [6.07, 6.45) is 3.21. The van der Waals surface area contributed by atoms with Gasteiger partial charge in [0.1, 0.15) is 16.6 Å². The first-order valence-corrected chi connectivity index (χ1v) is 9.83. The highest BCUT2D eigenvalue weighted by atomic mass is 35.5. The van der Waals surface area contributed by atoms with E-state index in [1.54, 1.807) is 0 Å². The lowest BCUT2D eigenvalue weighted by Gasteiger charge is -2.32. The maximum absolute atomic E-state index is 6.08. The van der Waals surface area contributed by atoms with Crippen molar-refractivity contribution in [3.63, 3.8) is 0 Å². The number of halogens is 2. The molecule has 1 saturated heterocycles. The molecule has 0 N–H and O–H groups in total. The molecule has 0 spiro atoms. The van der Waals surface area contributed by atoms with E-state index in [2.05, 4.69) is 67.9 Å². The van der Waals surface area contributed by atoms with Gasteiger partial charge in [0.2, 0.25) is 0 Å². The van der Waals surface area contributed by atoms with Crippen molar-refractivity contribution in [3.05, 3.63) is 47.1 Å². The third-order valence-corrected chi connectivity index (χ3v) is 5.50. The number of aryl methyl sites for hydroxylation is 1. The van der Waals surface area contributed by atoms with E-state index in [9.17, 15) is 0 Å². The third-order valence-electron chi connectivity index (χ3n) is 5.09. The second-order valence-corrected chi connectivity index (χ2v) is 8.30. The van der Waals surface area contributed by atoms with E-state index in [0.717, 1.165) is 22.9 Å². The third kappa shape index (κ3) is 4.33. The molecule has 2 aromatic heterocycles. The molecule has 3 aromatic rings. The van der Waals surface area contributed by atoms with Crippen LogP contribution in [0.15, 0.2) is 36.8 Å². The lowest BCUT2D eigenvalue weighted by molar-refractivity contribution is 0.00578. The average Bonchev–Trinajstić information content (AvgIpc) is 3.12. The highest BCUT2D eigenvalue weighted by molar-refractivity contribution is 6.62. The molecule has 0 bridgehead atoms. The van der Waals surface area contributed by atoms with Crippen molar-refractivity contribution in [3.8, 4) is 0 Å². The molecular formula is C19H23BCl2N4O2. The van der Waals surface area contributed by atoms with E-state index in [1.165, 1.54) is 12.4 Å². The molecule has 0 unspecified atom stereocenters. The summed E-state index contributed by atoms with van der Waals surface area (Å²) in [5.41, 5.74) is 1.58. The van der Waals surface area contributed by atoms with Crippen LogP contribution in [0.25, 0.3) is 10.9 Å². The van der Waals surface area contributed by atoms with E-state index in [-0.39, 0.29) is 18.3 Å². The van der Waals surface area contributed by atoms with Crippen LogP contribution in [0, 0.1) is 0 Å². The van der Waals surface area contributed by atoms with Gasteiger partial charge in [-0.1, -0.05) is 35.3 Å². The fourth-order valence-electron chi connectivity index (χ4n) is 2.80. The van der Waals surface area contributed by atoms with Crippen molar-refractivity contribution in [2.45, 2.75) is 52.4 Å². The minimum atomic E-state index is -0.311. The number of rotatable bonds is 2. The van der Waals surface area contributed by atoms with E-state index >= 15 is 0 Å². The number of aromatic nitrogens is 4. The highest BCUT2D eigenvalue weighted by Crippen LogP contribution is 2.36. The first-order valence-electron chi connectivity index (χ1n) is 9.07. The Bertz CT molecular complexity index is 944. The monoisotopic (exact) mass is 420 g/mol. The van der Waals surface area contributed by atoms with Crippen LogP contribution in [-0.4, -0.2) is 38.1 Å². The average molecular weight is 421 g/mol. The standard InChI is InChI=1S/C15H21BN2O2.C4H2Cl2N2/c1-6-18-13-8-7-12(9-11(13)10-17-18)16-19-14(2,3)15(4,5)20-16;5-3-1-4(6)8-2-7-3/h7-10H,6H2,1-5H3;1-2H. The van der Waals surface area contributed by atoms with Gasteiger partial charge >= 0.3 is 7.12 Å². The maximum atomic E-state index is 6.08. The number of hydrogen-bond acceptors (Lipinski definition) is 5. The Kier molecular flexibility index (Phi) is 6.01. The molecule has 0 radical (unpaired) electrons. The van der Waals surface area contributed by atoms with Crippen molar-refractivity contribution in [1.82, 2.24) is 19.7 Å². The molecule has 6 nitrogen and oxygen atoms in total. The van der Waals surface area contributed by atoms with Crippen LogP contribution in [0.3, 0.4) is 0 Å². The fourth-order valence-corrected chi connectivity index (χ4v) is 3.15. The molecule has 28 heavy (non-hydrogen) atoms. The Morgan fingerprint density at radius 2 is 1.61 bits per heavy atom. The molecule has 0 saturated carbocycles. The molecule has 4 rings (SSSR count). The van der Waals surface area contributed by atoms with Gasteiger partial charge in [-0.05, 0) is 46.1 Å². The zero-order valence-electron chi connectivity index (χ0n) is 16.6. The Morgan fingerprint density at radius 3 is 2.11 bits per heavy atom. The first-order chi connectivity index (χ1) is 13.1. The first kappa shape index (κ1) is 21.1. The zero-order chi connectivity index (χ0) is 20.5. The smallest absolute Gasteiger partial charge is 0.399 e. The van der Waals surface area contributed by atoms with Crippen LogP contribution in [0.2, 0.25) is 10.3 Å². The van der Waals surface area contributed by atoms with E-state index < -0.39 is 0 Å².